The maximum Gasteiger partial charge on any atom is 0.241 e. The van der Waals surface area contributed by atoms with E-state index in [0.717, 1.165) is 11.9 Å². The summed E-state index contributed by atoms with van der Waals surface area (Å²) in [6.45, 7) is 0. The van der Waals surface area contributed by atoms with Gasteiger partial charge in [0.15, 0.2) is 0 Å². The van der Waals surface area contributed by atoms with E-state index in [9.17, 15) is 0 Å². The van der Waals surface area contributed by atoms with E-state index in [1.165, 1.54) is 11.1 Å². The summed E-state index contributed by atoms with van der Waals surface area (Å²) >= 11 is 6.29. The lowest BCUT2D eigenvalue weighted by molar-refractivity contribution is 0.221. The Morgan fingerprint density at radius 2 is 2.35 bits per heavy atom. The van der Waals surface area contributed by atoms with Crippen molar-refractivity contribution in [3.8, 4) is 6.07 Å². The summed E-state index contributed by atoms with van der Waals surface area (Å²) in [7, 11) is -1.18. The van der Waals surface area contributed by atoms with Gasteiger partial charge in [-0.05, 0) is 23.4 Å². The molecular weight excluding hydrogens is 255 g/mol. The predicted octanol–water partition coefficient (Wildman–Crippen LogP) is 3.81. The third-order valence-corrected chi connectivity index (χ3v) is 4.86. The van der Waals surface area contributed by atoms with Gasteiger partial charge in [0.25, 0.3) is 0 Å². The van der Waals surface area contributed by atoms with Gasteiger partial charge in [-0.15, -0.1) is 0 Å². The second-order valence-corrected chi connectivity index (χ2v) is 5.96. The maximum atomic E-state index is 8.72. The lowest BCUT2D eigenvalue weighted by Gasteiger charge is -2.27. The van der Waals surface area contributed by atoms with E-state index in [0.29, 0.717) is 6.42 Å². The Morgan fingerprint density at radius 1 is 1.53 bits per heavy atom. The molecule has 0 N–H and O–H groups in total. The van der Waals surface area contributed by atoms with E-state index >= 15 is 0 Å². The van der Waals surface area contributed by atoms with Gasteiger partial charge in [-0.3, -0.25) is 4.34 Å². The molecule has 0 saturated heterocycles. The van der Waals surface area contributed by atoms with Crippen molar-refractivity contribution in [1.82, 2.24) is 4.34 Å². The molecule has 0 spiro atoms. The van der Waals surface area contributed by atoms with Crippen LogP contribution in [0.1, 0.15) is 12.1 Å². The predicted molar refractivity (Wildman–Crippen MR) is 68.9 cm³/mol. The van der Waals surface area contributed by atoms with Crippen LogP contribution < -0.4 is 0 Å². The van der Waals surface area contributed by atoms with Crippen LogP contribution >= 0.6 is 18.9 Å². The summed E-state index contributed by atoms with van der Waals surface area (Å²) in [5.74, 6) is 0. The number of benzene rings is 1. The van der Waals surface area contributed by atoms with Crippen molar-refractivity contribution in [2.45, 2.75) is 18.9 Å². The second kappa shape index (κ2) is 4.31. The molecule has 1 aliphatic rings. The number of hydrogen-bond donors (Lipinski definition) is 0. The quantitative estimate of drug-likeness (QED) is 0.735. The van der Waals surface area contributed by atoms with Gasteiger partial charge in [-0.25, -0.2) is 0 Å². The van der Waals surface area contributed by atoms with Gasteiger partial charge >= 0.3 is 0 Å². The van der Waals surface area contributed by atoms with Gasteiger partial charge in [-0.1, -0.05) is 18.2 Å². The first-order valence-electron chi connectivity index (χ1n) is 5.39. The normalized spacial score (nSPS) is 23.3. The van der Waals surface area contributed by atoms with Crippen LogP contribution in [-0.2, 0) is 10.9 Å². The van der Waals surface area contributed by atoms with Gasteiger partial charge in [0.05, 0.1) is 24.1 Å². The number of hydrogen-bond acceptors (Lipinski definition) is 2. The minimum atomic E-state index is -1.18. The van der Waals surface area contributed by atoms with Crippen molar-refractivity contribution in [3.63, 3.8) is 0 Å². The topological polar surface area (TPSA) is 38.0 Å². The fraction of sp³-hybridized carbons (Fsp3) is 0.250. The summed E-state index contributed by atoms with van der Waals surface area (Å²) in [5, 5.41) is 9.90. The number of aromatic nitrogens is 1. The molecule has 0 saturated carbocycles. The van der Waals surface area contributed by atoms with Crippen molar-refractivity contribution in [1.29, 1.82) is 5.26 Å². The number of nitrogens with zero attached hydrogens (tertiary/aromatic N) is 2. The number of halogens is 1. The molecule has 0 amide bonds. The minimum absolute atomic E-state index is 0.0691. The summed E-state index contributed by atoms with van der Waals surface area (Å²) < 4.78 is 7.75. The van der Waals surface area contributed by atoms with E-state index in [1.54, 1.807) is 0 Å². The summed E-state index contributed by atoms with van der Waals surface area (Å²) in [5.41, 5.74) is 2.28. The van der Waals surface area contributed by atoms with Gasteiger partial charge < -0.3 is 4.52 Å². The average Bonchev–Trinajstić information content (AvgIpc) is 2.67. The Kier molecular flexibility index (Phi) is 2.80. The summed E-state index contributed by atoms with van der Waals surface area (Å²) in [6, 6.07) is 12.4. The van der Waals surface area contributed by atoms with Crippen LogP contribution in [0, 0.1) is 11.3 Å². The van der Waals surface area contributed by atoms with Crippen LogP contribution in [0.5, 0.6) is 0 Å². The molecule has 1 aromatic carbocycles. The molecule has 1 aliphatic heterocycles. The average molecular weight is 265 g/mol. The molecule has 3 nitrogen and oxygen atoms in total. The van der Waals surface area contributed by atoms with Crippen molar-refractivity contribution in [2.75, 3.05) is 0 Å². The standard InChI is InChI=1S/C12H10ClN2OP/c13-17-15-10(8-11(16-17)5-6-14)7-9-3-1-2-4-12(9)15/h1-4,7,11H,5,8H2/t11-,17-/m1/s1. The van der Waals surface area contributed by atoms with Crippen molar-refractivity contribution >= 4 is 29.8 Å². The highest BCUT2D eigenvalue weighted by atomic mass is 35.7. The van der Waals surface area contributed by atoms with E-state index in [-0.39, 0.29) is 6.10 Å². The van der Waals surface area contributed by atoms with Crippen molar-refractivity contribution in [2.24, 2.45) is 0 Å². The first-order chi connectivity index (χ1) is 8.29. The molecule has 2 heterocycles. The van der Waals surface area contributed by atoms with E-state index < -0.39 is 7.65 Å². The fourth-order valence-electron chi connectivity index (χ4n) is 2.18. The van der Waals surface area contributed by atoms with Gasteiger partial charge in [-0.2, -0.15) is 5.26 Å². The molecule has 3 rings (SSSR count). The zero-order valence-corrected chi connectivity index (χ0v) is 10.7. The molecule has 0 radical (unpaired) electrons. The summed E-state index contributed by atoms with van der Waals surface area (Å²) in [4.78, 5) is 0. The highest BCUT2D eigenvalue weighted by molar-refractivity contribution is 7.79. The lowest BCUT2D eigenvalue weighted by atomic mass is 10.1. The molecule has 2 atom stereocenters. The highest BCUT2D eigenvalue weighted by Crippen LogP contribution is 2.52. The van der Waals surface area contributed by atoms with Gasteiger partial charge in [0.2, 0.25) is 7.65 Å². The number of nitriles is 1. The number of rotatable bonds is 1. The van der Waals surface area contributed by atoms with E-state index in [4.69, 9.17) is 21.0 Å². The highest BCUT2D eigenvalue weighted by Gasteiger charge is 2.28. The third-order valence-electron chi connectivity index (χ3n) is 2.91. The van der Waals surface area contributed by atoms with Crippen LogP contribution in [-0.4, -0.2) is 10.4 Å². The molecule has 0 aliphatic carbocycles. The Balaban J connectivity index is 2.09. The van der Waals surface area contributed by atoms with Crippen LogP contribution in [0.25, 0.3) is 10.9 Å². The third kappa shape index (κ3) is 1.83. The van der Waals surface area contributed by atoms with Gasteiger partial charge in [0.1, 0.15) is 0 Å². The zero-order chi connectivity index (χ0) is 11.8. The molecule has 0 unspecified atom stereocenters. The van der Waals surface area contributed by atoms with Crippen LogP contribution in [0.4, 0.5) is 0 Å². The first-order valence-corrected chi connectivity index (χ1v) is 7.50. The van der Waals surface area contributed by atoms with Crippen LogP contribution in [0.15, 0.2) is 30.3 Å². The molecule has 0 bridgehead atoms. The molecular formula is C12H10ClN2OP. The monoisotopic (exact) mass is 264 g/mol. The van der Waals surface area contributed by atoms with Crippen molar-refractivity contribution in [3.05, 3.63) is 36.0 Å². The molecule has 17 heavy (non-hydrogen) atoms. The Labute approximate surface area is 105 Å². The molecule has 5 heteroatoms. The Bertz CT molecular complexity index is 604. The van der Waals surface area contributed by atoms with E-state index in [2.05, 4.69) is 22.5 Å². The fourth-order valence-corrected chi connectivity index (χ4v) is 4.24. The zero-order valence-electron chi connectivity index (χ0n) is 9.01. The Hall–Kier alpha value is -1.07. The number of para-hydroxylation sites is 1. The molecule has 86 valence electrons. The van der Waals surface area contributed by atoms with Gasteiger partial charge in [0, 0.05) is 17.5 Å². The lowest BCUT2D eigenvalue weighted by Crippen LogP contribution is -2.20. The summed E-state index contributed by atoms with van der Waals surface area (Å²) in [6.07, 6.45) is 1.08. The molecule has 1 aromatic heterocycles. The first kappa shape index (κ1) is 11.0. The van der Waals surface area contributed by atoms with Crippen LogP contribution in [0.2, 0.25) is 0 Å². The Morgan fingerprint density at radius 3 is 3.18 bits per heavy atom. The van der Waals surface area contributed by atoms with Crippen LogP contribution in [0.3, 0.4) is 0 Å². The van der Waals surface area contributed by atoms with E-state index in [1.807, 2.05) is 18.2 Å². The SMILES string of the molecule is N#CC[C@@H]1Cc2cc3ccccc3n2[P@@](Cl)O1. The largest absolute Gasteiger partial charge is 0.322 e. The number of fused-ring (bicyclic) bond motifs is 3. The molecule has 2 aromatic rings. The molecule has 0 fully saturated rings. The minimum Gasteiger partial charge on any atom is -0.322 e. The smallest absolute Gasteiger partial charge is 0.241 e. The second-order valence-electron chi connectivity index (χ2n) is 4.03. The van der Waals surface area contributed by atoms with Crippen molar-refractivity contribution < 1.29 is 4.52 Å². The maximum absolute atomic E-state index is 8.72.